The molecule has 0 amide bonds. The summed E-state index contributed by atoms with van der Waals surface area (Å²) >= 11 is 0. The summed E-state index contributed by atoms with van der Waals surface area (Å²) in [6.45, 7) is 25.2. The van der Waals surface area contributed by atoms with Gasteiger partial charge in [-0.15, -0.1) is 0 Å². The largest absolute Gasteiger partial charge is 0.270 e. The molecular weight excluding hydrogens is 390 g/mol. The maximum absolute atomic E-state index is 4.03. The van der Waals surface area contributed by atoms with Crippen LogP contribution in [0.15, 0.2) is 85.5 Å². The third kappa shape index (κ3) is 46.0. The van der Waals surface area contributed by atoms with Crippen LogP contribution in [0.4, 0.5) is 0 Å². The van der Waals surface area contributed by atoms with E-state index in [2.05, 4.69) is 65.5 Å². The number of hydrogen-bond donors (Lipinski definition) is 0. The third-order valence-electron chi connectivity index (χ3n) is 2.29. The molecule has 0 saturated carbocycles. The highest BCUT2D eigenvalue weighted by molar-refractivity contribution is 4.99. The zero-order chi connectivity index (χ0) is 25.6. The van der Waals surface area contributed by atoms with E-state index in [9.17, 15) is 0 Å². The van der Waals surface area contributed by atoms with E-state index in [4.69, 9.17) is 0 Å². The minimum absolute atomic E-state index is 0.491. The fourth-order valence-corrected chi connectivity index (χ4v) is 1.28. The first-order valence-corrected chi connectivity index (χ1v) is 12.1. The van der Waals surface area contributed by atoms with Crippen molar-refractivity contribution in [1.82, 2.24) is 14.8 Å². The summed E-state index contributed by atoms with van der Waals surface area (Å²) in [6.07, 6.45) is 7.25. The Kier molecular flexibility index (Phi) is 38.3. The quantitative estimate of drug-likeness (QED) is 0.375. The lowest BCUT2D eigenvalue weighted by molar-refractivity contribution is 0.532. The monoisotopic (exact) mass is 443 g/mol. The second-order valence-corrected chi connectivity index (χ2v) is 7.72. The van der Waals surface area contributed by atoms with Gasteiger partial charge in [0.05, 0.1) is 0 Å². The van der Waals surface area contributed by atoms with Gasteiger partial charge in [-0.25, -0.2) is 0 Å². The highest BCUT2D eigenvalue weighted by atomic mass is 15.3. The summed E-state index contributed by atoms with van der Waals surface area (Å²) in [7, 11) is 0. The molecule has 3 rings (SSSR count). The summed E-state index contributed by atoms with van der Waals surface area (Å²) in [5.74, 6) is 1.67. The summed E-state index contributed by atoms with van der Waals surface area (Å²) in [4.78, 5) is 3.78. The van der Waals surface area contributed by atoms with Crippen molar-refractivity contribution in [2.45, 2.75) is 89.1 Å². The van der Waals surface area contributed by atoms with Crippen LogP contribution in [0.3, 0.4) is 0 Å². The van der Waals surface area contributed by atoms with Crippen molar-refractivity contribution < 1.29 is 0 Å². The molecule has 0 radical (unpaired) electrons. The molecule has 3 heteroatoms. The van der Waals surface area contributed by atoms with Crippen molar-refractivity contribution >= 4 is 0 Å². The van der Waals surface area contributed by atoms with Crippen molar-refractivity contribution in [2.24, 2.45) is 11.8 Å². The van der Waals surface area contributed by atoms with Crippen LogP contribution < -0.4 is 0 Å². The standard InChI is InChI=1S/C6H10N2.C6H6.C5H5N.2C4H10.2C2H6/c1-6(2)8-5-3-4-7-8;2*1-2-4-6-5-3-1;2*1-4(2)3;2*1-2/h3-6H,1-2H3;1-6H;1-5H;2*4H,1-3H3;2*1-2H3. The van der Waals surface area contributed by atoms with Gasteiger partial charge in [0.2, 0.25) is 0 Å². The third-order valence-corrected chi connectivity index (χ3v) is 2.29. The molecule has 0 aliphatic rings. The molecule has 2 heterocycles. The maximum Gasteiger partial charge on any atom is 0.0489 e. The first-order valence-electron chi connectivity index (χ1n) is 12.1. The van der Waals surface area contributed by atoms with Gasteiger partial charge in [0.15, 0.2) is 0 Å². The summed E-state index contributed by atoms with van der Waals surface area (Å²) < 4.78 is 1.92. The Balaban J connectivity index is -0.000000151. The predicted molar refractivity (Wildman–Crippen MR) is 147 cm³/mol. The van der Waals surface area contributed by atoms with Crippen LogP contribution in [-0.2, 0) is 0 Å². The molecule has 0 aliphatic carbocycles. The molecule has 0 fully saturated rings. The van der Waals surface area contributed by atoms with Crippen LogP contribution in [0.25, 0.3) is 0 Å². The number of pyridine rings is 1. The van der Waals surface area contributed by atoms with Gasteiger partial charge in [-0.2, -0.15) is 5.10 Å². The summed E-state index contributed by atoms with van der Waals surface area (Å²) in [5.41, 5.74) is 0. The lowest BCUT2D eigenvalue weighted by atomic mass is 10.3. The van der Waals surface area contributed by atoms with Crippen LogP contribution in [0.2, 0.25) is 0 Å². The fourth-order valence-electron chi connectivity index (χ4n) is 1.28. The van der Waals surface area contributed by atoms with E-state index >= 15 is 0 Å². The number of hydrogen-bond acceptors (Lipinski definition) is 2. The Morgan fingerprint density at radius 3 is 0.906 bits per heavy atom. The van der Waals surface area contributed by atoms with Crippen molar-refractivity contribution in [1.29, 1.82) is 0 Å². The smallest absolute Gasteiger partial charge is 0.0489 e. The number of rotatable bonds is 1. The molecule has 1 aromatic carbocycles. The van der Waals surface area contributed by atoms with Gasteiger partial charge in [0, 0.05) is 30.8 Å². The zero-order valence-corrected chi connectivity index (χ0v) is 23.2. The van der Waals surface area contributed by atoms with E-state index in [0.29, 0.717) is 6.04 Å². The van der Waals surface area contributed by atoms with Crippen LogP contribution in [0.5, 0.6) is 0 Å². The molecule has 3 nitrogen and oxygen atoms in total. The van der Waals surface area contributed by atoms with Crippen molar-refractivity contribution in [3.05, 3.63) is 85.5 Å². The zero-order valence-electron chi connectivity index (χ0n) is 23.2. The van der Waals surface area contributed by atoms with Gasteiger partial charge in [-0.3, -0.25) is 9.67 Å². The predicted octanol–water partition coefficient (Wildman–Crippen LogP) is 9.61. The van der Waals surface area contributed by atoms with Crippen molar-refractivity contribution in [3.8, 4) is 0 Å². The lowest BCUT2D eigenvalue weighted by Crippen LogP contribution is -1.99. The number of benzene rings is 1. The molecule has 184 valence electrons. The second kappa shape index (κ2) is 33.2. The van der Waals surface area contributed by atoms with E-state index in [0.717, 1.165) is 11.8 Å². The molecule has 0 aliphatic heterocycles. The molecular formula is C29H53N3. The summed E-state index contributed by atoms with van der Waals surface area (Å²) in [6, 6.07) is 20.1. The average Bonchev–Trinajstić information content (AvgIpc) is 3.35. The molecule has 0 unspecified atom stereocenters. The molecule has 32 heavy (non-hydrogen) atoms. The highest BCUT2D eigenvalue weighted by Crippen LogP contribution is 1.98. The van der Waals surface area contributed by atoms with Crippen molar-refractivity contribution in [2.75, 3.05) is 0 Å². The van der Waals surface area contributed by atoms with Crippen LogP contribution in [0.1, 0.15) is 89.1 Å². The SMILES string of the molecule is CC.CC.CC(C)C.CC(C)C.CC(C)n1cccn1.c1ccccc1.c1ccncc1. The van der Waals surface area contributed by atoms with E-state index in [1.807, 2.05) is 99.2 Å². The summed E-state index contributed by atoms with van der Waals surface area (Å²) in [5, 5.41) is 4.03. The molecule has 3 aromatic rings. The molecule has 0 atom stereocenters. The van der Waals surface area contributed by atoms with E-state index < -0.39 is 0 Å². The highest BCUT2D eigenvalue weighted by Gasteiger charge is 1.91. The Morgan fingerprint density at radius 1 is 0.469 bits per heavy atom. The molecule has 0 spiro atoms. The first kappa shape index (κ1) is 36.9. The average molecular weight is 444 g/mol. The lowest BCUT2D eigenvalue weighted by Gasteiger charge is -2.01. The Labute approximate surface area is 201 Å². The van der Waals surface area contributed by atoms with Gasteiger partial charge < -0.3 is 0 Å². The first-order chi connectivity index (χ1) is 15.3. The second-order valence-electron chi connectivity index (χ2n) is 7.72. The minimum Gasteiger partial charge on any atom is -0.270 e. The number of nitrogens with zero attached hydrogens (tertiary/aromatic N) is 3. The van der Waals surface area contributed by atoms with Crippen molar-refractivity contribution in [3.63, 3.8) is 0 Å². The van der Waals surface area contributed by atoms with E-state index in [-0.39, 0.29) is 0 Å². The number of aromatic nitrogens is 3. The Bertz CT molecular complexity index is 492. The van der Waals surface area contributed by atoms with Gasteiger partial charge in [-0.1, -0.05) is 112 Å². The van der Waals surface area contributed by atoms with Gasteiger partial charge in [0.25, 0.3) is 0 Å². The molecule has 2 aromatic heterocycles. The Morgan fingerprint density at radius 2 is 0.781 bits per heavy atom. The molecule has 0 bridgehead atoms. The van der Waals surface area contributed by atoms with E-state index in [1.54, 1.807) is 18.6 Å². The van der Waals surface area contributed by atoms with E-state index in [1.165, 1.54) is 0 Å². The Hall–Kier alpha value is -2.42. The van der Waals surface area contributed by atoms with Crippen LogP contribution in [0, 0.1) is 11.8 Å². The normalized spacial score (nSPS) is 8.22. The molecule has 0 N–H and O–H groups in total. The van der Waals surface area contributed by atoms with Gasteiger partial charge in [0.1, 0.15) is 0 Å². The van der Waals surface area contributed by atoms with Gasteiger partial charge in [-0.05, 0) is 43.9 Å². The minimum atomic E-state index is 0.491. The maximum atomic E-state index is 4.03. The van der Waals surface area contributed by atoms with Crippen LogP contribution in [-0.4, -0.2) is 14.8 Å². The van der Waals surface area contributed by atoms with Gasteiger partial charge >= 0.3 is 0 Å². The topological polar surface area (TPSA) is 30.7 Å². The fraction of sp³-hybridized carbons (Fsp3) is 0.517. The molecule has 0 saturated heterocycles. The van der Waals surface area contributed by atoms with Crippen LogP contribution >= 0.6 is 0 Å².